The second-order valence-electron chi connectivity index (χ2n) is 7.00. The van der Waals surface area contributed by atoms with Crippen molar-refractivity contribution in [1.29, 1.82) is 0 Å². The predicted octanol–water partition coefficient (Wildman–Crippen LogP) is 5.22. The third kappa shape index (κ3) is 5.52. The first-order chi connectivity index (χ1) is 15.0. The monoisotopic (exact) mass is 469 g/mol. The number of hydrogen-bond acceptors (Lipinski definition) is 6. The molecule has 9 heteroatoms. The maximum absolute atomic E-state index is 12.4. The van der Waals surface area contributed by atoms with Gasteiger partial charge in [0.05, 0.1) is 11.4 Å². The first-order valence-electron chi connectivity index (χ1n) is 9.56. The minimum absolute atomic E-state index is 0.128. The molecule has 158 valence electrons. The van der Waals surface area contributed by atoms with Crippen LogP contribution in [0.15, 0.2) is 59.1 Å². The van der Waals surface area contributed by atoms with Crippen molar-refractivity contribution >= 4 is 45.7 Å². The van der Waals surface area contributed by atoms with Crippen LogP contribution in [0, 0.1) is 6.92 Å². The Hall–Kier alpha value is -2.68. The number of carbonyl (C=O) groups excluding carboxylic acids is 1. The molecule has 4 rings (SSSR count). The second kappa shape index (κ2) is 9.64. The number of nitrogens with one attached hydrogen (secondary N) is 1. The Balaban J connectivity index is 1.32. The Morgan fingerprint density at radius 1 is 1.13 bits per heavy atom. The van der Waals surface area contributed by atoms with E-state index in [1.165, 1.54) is 28.7 Å². The number of halogens is 1. The number of thioether (sulfide) groups is 1. The van der Waals surface area contributed by atoms with Crippen LogP contribution in [0.4, 0.5) is 5.13 Å². The zero-order valence-corrected chi connectivity index (χ0v) is 19.4. The number of anilines is 1. The van der Waals surface area contributed by atoms with Crippen LogP contribution in [-0.2, 0) is 18.3 Å². The normalized spacial score (nSPS) is 10.9. The number of carbonyl (C=O) groups is 1. The summed E-state index contributed by atoms with van der Waals surface area (Å²) < 4.78 is 1.91. The van der Waals surface area contributed by atoms with E-state index in [1.807, 2.05) is 72.4 Å². The lowest BCUT2D eigenvalue weighted by atomic mass is 10.1. The van der Waals surface area contributed by atoms with Crippen molar-refractivity contribution in [2.45, 2.75) is 18.5 Å². The van der Waals surface area contributed by atoms with Gasteiger partial charge in [-0.05, 0) is 24.6 Å². The van der Waals surface area contributed by atoms with Gasteiger partial charge < -0.3 is 9.88 Å². The Morgan fingerprint density at radius 3 is 2.61 bits per heavy atom. The summed E-state index contributed by atoms with van der Waals surface area (Å²) in [4.78, 5) is 16.9. The fourth-order valence-corrected chi connectivity index (χ4v) is 4.47. The summed E-state index contributed by atoms with van der Waals surface area (Å²) >= 11 is 8.70. The Labute approximate surface area is 193 Å². The molecular formula is C22H20ClN5OS2. The summed E-state index contributed by atoms with van der Waals surface area (Å²) in [5.41, 5.74) is 4.18. The van der Waals surface area contributed by atoms with Gasteiger partial charge in [0.15, 0.2) is 10.3 Å². The quantitative estimate of drug-likeness (QED) is 0.375. The Kier molecular flexibility index (Phi) is 6.70. The van der Waals surface area contributed by atoms with Crippen LogP contribution >= 0.6 is 34.7 Å². The zero-order chi connectivity index (χ0) is 21.8. The number of aryl methyl sites for hydroxylation is 1. The van der Waals surface area contributed by atoms with E-state index in [1.54, 1.807) is 0 Å². The fourth-order valence-electron chi connectivity index (χ4n) is 2.88. The molecule has 0 saturated heterocycles. The number of amides is 1. The number of rotatable bonds is 7. The molecule has 0 radical (unpaired) electrons. The van der Waals surface area contributed by atoms with Gasteiger partial charge in [0.1, 0.15) is 5.82 Å². The minimum atomic E-state index is -0.128. The highest BCUT2D eigenvalue weighted by atomic mass is 35.5. The molecule has 2 aromatic carbocycles. The summed E-state index contributed by atoms with van der Waals surface area (Å²) in [6.45, 7) is 2.05. The van der Waals surface area contributed by atoms with Gasteiger partial charge in [-0.3, -0.25) is 4.79 Å². The molecule has 0 aliphatic rings. The van der Waals surface area contributed by atoms with E-state index in [2.05, 4.69) is 20.5 Å². The molecule has 0 aliphatic heterocycles. The van der Waals surface area contributed by atoms with Crippen molar-refractivity contribution in [2.24, 2.45) is 7.05 Å². The lowest BCUT2D eigenvalue weighted by molar-refractivity contribution is -0.113. The predicted molar refractivity (Wildman–Crippen MR) is 127 cm³/mol. The maximum Gasteiger partial charge on any atom is 0.236 e. The molecule has 2 heterocycles. The first kappa shape index (κ1) is 21.5. The van der Waals surface area contributed by atoms with Crippen molar-refractivity contribution < 1.29 is 4.79 Å². The highest BCUT2D eigenvalue weighted by Crippen LogP contribution is 2.25. The van der Waals surface area contributed by atoms with Crippen LogP contribution in [0.5, 0.6) is 0 Å². The van der Waals surface area contributed by atoms with Crippen LogP contribution in [0.25, 0.3) is 11.3 Å². The highest BCUT2D eigenvalue weighted by molar-refractivity contribution is 7.99. The lowest BCUT2D eigenvalue weighted by Crippen LogP contribution is -2.14. The van der Waals surface area contributed by atoms with E-state index in [0.29, 0.717) is 21.7 Å². The summed E-state index contributed by atoms with van der Waals surface area (Å²) in [7, 11) is 1.90. The summed E-state index contributed by atoms with van der Waals surface area (Å²) in [5, 5.41) is 15.3. The van der Waals surface area contributed by atoms with Crippen molar-refractivity contribution in [3.05, 3.63) is 75.9 Å². The van der Waals surface area contributed by atoms with E-state index in [-0.39, 0.29) is 11.7 Å². The van der Waals surface area contributed by atoms with Crippen molar-refractivity contribution in [3.63, 3.8) is 0 Å². The van der Waals surface area contributed by atoms with Crippen LogP contribution in [-0.4, -0.2) is 31.4 Å². The van der Waals surface area contributed by atoms with Gasteiger partial charge in [-0.15, -0.1) is 21.5 Å². The largest absolute Gasteiger partial charge is 0.309 e. The number of aromatic nitrogens is 4. The second-order valence-corrected chi connectivity index (χ2v) is 9.24. The summed E-state index contributed by atoms with van der Waals surface area (Å²) in [5.74, 6) is 0.928. The van der Waals surface area contributed by atoms with Gasteiger partial charge in [0.25, 0.3) is 0 Å². The van der Waals surface area contributed by atoms with Crippen LogP contribution < -0.4 is 5.32 Å². The van der Waals surface area contributed by atoms with Crippen molar-refractivity contribution in [1.82, 2.24) is 19.7 Å². The summed E-state index contributed by atoms with van der Waals surface area (Å²) in [6.07, 6.45) is 0.647. The third-order valence-corrected chi connectivity index (χ3v) is 6.66. The molecule has 0 atom stereocenters. The molecular weight excluding hydrogens is 450 g/mol. The molecule has 0 spiro atoms. The van der Waals surface area contributed by atoms with E-state index in [4.69, 9.17) is 11.6 Å². The van der Waals surface area contributed by atoms with Gasteiger partial charge in [-0.2, -0.15) is 0 Å². The minimum Gasteiger partial charge on any atom is -0.309 e. The van der Waals surface area contributed by atoms with Crippen molar-refractivity contribution in [2.75, 3.05) is 11.1 Å². The number of nitrogens with zero attached hydrogens (tertiary/aromatic N) is 4. The standard InChI is InChI=1S/C22H20ClN5OS2/c1-14-3-7-16(8-4-14)18-12-30-21(24-18)25-20(29)13-31-22-27-26-19(28(22)2)11-15-5-9-17(23)10-6-15/h3-10,12H,11,13H2,1-2H3,(H,24,25,29). The third-order valence-electron chi connectivity index (χ3n) is 4.63. The smallest absolute Gasteiger partial charge is 0.236 e. The number of hydrogen-bond donors (Lipinski definition) is 1. The van der Waals surface area contributed by atoms with E-state index in [9.17, 15) is 4.79 Å². The molecule has 1 N–H and O–H groups in total. The molecule has 0 bridgehead atoms. The first-order valence-corrected chi connectivity index (χ1v) is 11.8. The molecule has 2 aromatic heterocycles. The molecule has 4 aromatic rings. The number of benzene rings is 2. The van der Waals surface area contributed by atoms with Crippen LogP contribution in [0.3, 0.4) is 0 Å². The van der Waals surface area contributed by atoms with Crippen LogP contribution in [0.2, 0.25) is 5.02 Å². The van der Waals surface area contributed by atoms with Crippen molar-refractivity contribution in [3.8, 4) is 11.3 Å². The van der Waals surface area contributed by atoms with Crippen LogP contribution in [0.1, 0.15) is 17.0 Å². The van der Waals surface area contributed by atoms with Gasteiger partial charge in [-0.25, -0.2) is 4.98 Å². The van der Waals surface area contributed by atoms with E-state index < -0.39 is 0 Å². The Bertz CT molecular complexity index is 1190. The van der Waals surface area contributed by atoms with Gasteiger partial charge >= 0.3 is 0 Å². The SMILES string of the molecule is Cc1ccc(-c2csc(NC(=O)CSc3nnc(Cc4ccc(Cl)cc4)n3C)n2)cc1. The molecule has 0 saturated carbocycles. The maximum atomic E-state index is 12.4. The number of thiazole rings is 1. The molecule has 6 nitrogen and oxygen atoms in total. The highest BCUT2D eigenvalue weighted by Gasteiger charge is 2.13. The fraction of sp³-hybridized carbons (Fsp3) is 0.182. The van der Waals surface area contributed by atoms with E-state index in [0.717, 1.165) is 22.6 Å². The van der Waals surface area contributed by atoms with Gasteiger partial charge in [-0.1, -0.05) is 65.3 Å². The molecule has 0 unspecified atom stereocenters. The molecule has 31 heavy (non-hydrogen) atoms. The Morgan fingerprint density at radius 2 is 1.87 bits per heavy atom. The topological polar surface area (TPSA) is 72.7 Å². The zero-order valence-electron chi connectivity index (χ0n) is 17.0. The van der Waals surface area contributed by atoms with Gasteiger partial charge in [0, 0.05) is 29.4 Å². The lowest BCUT2D eigenvalue weighted by Gasteiger charge is -2.04. The molecule has 1 amide bonds. The average molecular weight is 470 g/mol. The summed E-state index contributed by atoms with van der Waals surface area (Å²) in [6, 6.07) is 15.8. The van der Waals surface area contributed by atoms with E-state index >= 15 is 0 Å². The van der Waals surface area contributed by atoms with Gasteiger partial charge in [0.2, 0.25) is 5.91 Å². The average Bonchev–Trinajstić information content (AvgIpc) is 3.36. The molecule has 0 aliphatic carbocycles. The molecule has 0 fully saturated rings.